The van der Waals surface area contributed by atoms with Crippen LogP contribution >= 0.6 is 0 Å². The van der Waals surface area contributed by atoms with Gasteiger partial charge < -0.3 is 15.4 Å². The van der Waals surface area contributed by atoms with Gasteiger partial charge in [-0.3, -0.25) is 4.79 Å². The van der Waals surface area contributed by atoms with Crippen LogP contribution < -0.4 is 10.6 Å². The van der Waals surface area contributed by atoms with Gasteiger partial charge in [0.05, 0.1) is 6.04 Å². The predicted octanol–water partition coefficient (Wildman–Crippen LogP) is 4.11. The number of rotatable bonds is 9. The van der Waals surface area contributed by atoms with Gasteiger partial charge >= 0.3 is 6.09 Å². The lowest BCUT2D eigenvalue weighted by molar-refractivity contribution is -0.122. The van der Waals surface area contributed by atoms with Gasteiger partial charge in [-0.2, -0.15) is 5.10 Å². The van der Waals surface area contributed by atoms with E-state index in [4.69, 9.17) is 4.74 Å². The fourth-order valence-electron chi connectivity index (χ4n) is 3.30. The van der Waals surface area contributed by atoms with Gasteiger partial charge in [0.25, 0.3) is 0 Å². The Morgan fingerprint density at radius 3 is 2.36 bits per heavy atom. The van der Waals surface area contributed by atoms with Gasteiger partial charge in [0.15, 0.2) is 5.82 Å². The summed E-state index contributed by atoms with van der Waals surface area (Å²) in [6, 6.07) is 19.2. The van der Waals surface area contributed by atoms with Gasteiger partial charge in [-0.05, 0) is 39.2 Å². The molecule has 0 bridgehead atoms. The summed E-state index contributed by atoms with van der Waals surface area (Å²) in [7, 11) is 0. The van der Waals surface area contributed by atoms with Crippen molar-refractivity contribution in [1.29, 1.82) is 0 Å². The maximum Gasteiger partial charge on any atom is 0.407 e. The molecule has 0 aliphatic heterocycles. The van der Waals surface area contributed by atoms with E-state index in [9.17, 15) is 9.59 Å². The molecule has 2 N–H and O–H groups in total. The van der Waals surface area contributed by atoms with Crippen molar-refractivity contribution < 1.29 is 14.3 Å². The monoisotopic (exact) mass is 449 g/mol. The number of aromatic nitrogens is 3. The molecule has 0 fully saturated rings. The van der Waals surface area contributed by atoms with Crippen molar-refractivity contribution in [2.75, 3.05) is 6.54 Å². The molecule has 0 saturated carbocycles. The third kappa shape index (κ3) is 8.07. The molecular formula is C25H31N5O3. The first-order valence-electron chi connectivity index (χ1n) is 11.1. The van der Waals surface area contributed by atoms with Gasteiger partial charge in [0.2, 0.25) is 5.91 Å². The van der Waals surface area contributed by atoms with Crippen LogP contribution in [0.5, 0.6) is 0 Å². The molecule has 33 heavy (non-hydrogen) atoms. The molecule has 2 aromatic carbocycles. The Morgan fingerprint density at radius 1 is 1.03 bits per heavy atom. The highest BCUT2D eigenvalue weighted by Crippen LogP contribution is 2.18. The highest BCUT2D eigenvalue weighted by atomic mass is 16.6. The number of amides is 2. The van der Waals surface area contributed by atoms with E-state index < -0.39 is 11.7 Å². The molecule has 0 spiro atoms. The lowest BCUT2D eigenvalue weighted by atomic mass is 10.0. The van der Waals surface area contributed by atoms with Crippen molar-refractivity contribution in [1.82, 2.24) is 25.4 Å². The molecule has 0 aliphatic carbocycles. The summed E-state index contributed by atoms with van der Waals surface area (Å²) < 4.78 is 6.79. The normalized spacial score (nSPS) is 12.1. The molecule has 0 aliphatic rings. The molecule has 3 rings (SSSR count). The van der Waals surface area contributed by atoms with Crippen LogP contribution in [0.15, 0.2) is 67.0 Å². The Balaban J connectivity index is 1.55. The van der Waals surface area contributed by atoms with E-state index in [1.807, 2.05) is 81.4 Å². The first kappa shape index (κ1) is 24.0. The molecule has 8 nitrogen and oxygen atoms in total. The maximum atomic E-state index is 12.8. The Hall–Kier alpha value is -3.68. The SMILES string of the molecule is CC(C)(C)OC(=O)NCCCC(NC(=O)Cn1cnc(-c2ccccc2)n1)c1ccccc1. The van der Waals surface area contributed by atoms with E-state index in [-0.39, 0.29) is 18.5 Å². The van der Waals surface area contributed by atoms with Crippen molar-refractivity contribution in [3.63, 3.8) is 0 Å². The van der Waals surface area contributed by atoms with Gasteiger partial charge in [-0.15, -0.1) is 0 Å². The number of alkyl carbamates (subject to hydrolysis) is 1. The smallest absolute Gasteiger partial charge is 0.407 e. The second-order valence-corrected chi connectivity index (χ2v) is 8.73. The summed E-state index contributed by atoms with van der Waals surface area (Å²) in [4.78, 5) is 28.9. The van der Waals surface area contributed by atoms with E-state index in [1.165, 1.54) is 4.68 Å². The topological polar surface area (TPSA) is 98.1 Å². The zero-order valence-electron chi connectivity index (χ0n) is 19.3. The summed E-state index contributed by atoms with van der Waals surface area (Å²) in [6.45, 7) is 6.00. The Labute approximate surface area is 194 Å². The van der Waals surface area contributed by atoms with Gasteiger partial charge in [0, 0.05) is 12.1 Å². The zero-order valence-corrected chi connectivity index (χ0v) is 19.3. The number of ether oxygens (including phenoxy) is 1. The molecule has 0 radical (unpaired) electrons. The minimum Gasteiger partial charge on any atom is -0.444 e. The summed E-state index contributed by atoms with van der Waals surface area (Å²) in [5.74, 6) is 0.421. The third-order valence-electron chi connectivity index (χ3n) is 4.75. The van der Waals surface area contributed by atoms with Crippen LogP contribution in [0.1, 0.15) is 45.2 Å². The highest BCUT2D eigenvalue weighted by Gasteiger charge is 2.18. The van der Waals surface area contributed by atoms with Crippen LogP contribution in [0.4, 0.5) is 4.79 Å². The average Bonchev–Trinajstić information content (AvgIpc) is 3.24. The van der Waals surface area contributed by atoms with Crippen molar-refractivity contribution >= 4 is 12.0 Å². The van der Waals surface area contributed by atoms with Crippen molar-refractivity contribution in [2.24, 2.45) is 0 Å². The number of hydrogen-bond acceptors (Lipinski definition) is 5. The number of benzene rings is 2. The molecule has 1 unspecified atom stereocenters. The van der Waals surface area contributed by atoms with E-state index in [0.717, 1.165) is 11.1 Å². The second-order valence-electron chi connectivity index (χ2n) is 8.73. The lowest BCUT2D eigenvalue weighted by Gasteiger charge is -2.21. The van der Waals surface area contributed by atoms with Gasteiger partial charge in [-0.25, -0.2) is 14.5 Å². The van der Waals surface area contributed by atoms with E-state index in [1.54, 1.807) is 6.33 Å². The molecule has 3 aromatic rings. The first-order chi connectivity index (χ1) is 15.8. The maximum absolute atomic E-state index is 12.8. The number of hydrogen-bond donors (Lipinski definition) is 2. The second kappa shape index (κ2) is 11.3. The Morgan fingerprint density at radius 2 is 1.70 bits per heavy atom. The molecule has 1 atom stereocenters. The summed E-state index contributed by atoms with van der Waals surface area (Å²) in [6.07, 6.45) is 2.46. The van der Waals surface area contributed by atoms with Crippen molar-refractivity contribution in [2.45, 2.75) is 51.8 Å². The lowest BCUT2D eigenvalue weighted by Crippen LogP contribution is -2.34. The molecule has 1 aromatic heterocycles. The van der Waals surface area contributed by atoms with Crippen LogP contribution in [0, 0.1) is 0 Å². The molecular weight excluding hydrogens is 418 g/mol. The Kier molecular flexibility index (Phi) is 8.18. The predicted molar refractivity (Wildman–Crippen MR) is 126 cm³/mol. The van der Waals surface area contributed by atoms with E-state index in [0.29, 0.717) is 25.2 Å². The van der Waals surface area contributed by atoms with Crippen molar-refractivity contribution in [3.05, 3.63) is 72.6 Å². The molecule has 0 saturated heterocycles. The summed E-state index contributed by atoms with van der Waals surface area (Å²) in [5.41, 5.74) is 1.37. The van der Waals surface area contributed by atoms with Crippen LogP contribution in [-0.4, -0.2) is 38.9 Å². The largest absolute Gasteiger partial charge is 0.444 e. The fraction of sp³-hybridized carbons (Fsp3) is 0.360. The molecule has 8 heteroatoms. The Bertz CT molecular complexity index is 1030. The third-order valence-corrected chi connectivity index (χ3v) is 4.75. The fourth-order valence-corrected chi connectivity index (χ4v) is 3.30. The van der Waals surface area contributed by atoms with Crippen LogP contribution in [0.2, 0.25) is 0 Å². The minimum atomic E-state index is -0.535. The standard InChI is InChI=1S/C25H31N5O3/c1-25(2,3)33-24(32)26-16-10-15-21(19-11-6-4-7-12-19)28-22(31)17-30-18-27-23(29-30)20-13-8-5-9-14-20/h4-9,11-14,18,21H,10,15-17H2,1-3H3,(H,26,32)(H,28,31). The zero-order chi connectivity index (χ0) is 23.7. The van der Waals surface area contributed by atoms with Crippen molar-refractivity contribution in [3.8, 4) is 11.4 Å². The van der Waals surface area contributed by atoms with Gasteiger partial charge in [-0.1, -0.05) is 60.7 Å². The molecule has 174 valence electrons. The number of nitrogens with zero attached hydrogens (tertiary/aromatic N) is 3. The van der Waals surface area contributed by atoms with E-state index in [2.05, 4.69) is 20.7 Å². The first-order valence-corrected chi connectivity index (χ1v) is 11.1. The highest BCUT2D eigenvalue weighted by molar-refractivity contribution is 5.76. The average molecular weight is 450 g/mol. The molecule has 2 amide bonds. The quantitative estimate of drug-likeness (QED) is 0.479. The number of nitrogens with one attached hydrogen (secondary N) is 2. The summed E-state index contributed by atoms with van der Waals surface area (Å²) in [5, 5.41) is 10.3. The summed E-state index contributed by atoms with van der Waals surface area (Å²) >= 11 is 0. The van der Waals surface area contributed by atoms with Crippen LogP contribution in [0.3, 0.4) is 0 Å². The van der Waals surface area contributed by atoms with Crippen LogP contribution in [-0.2, 0) is 16.1 Å². The minimum absolute atomic E-state index is 0.0688. The number of carbonyl (C=O) groups excluding carboxylic acids is 2. The molecule has 1 heterocycles. The number of carbonyl (C=O) groups is 2. The van der Waals surface area contributed by atoms with Gasteiger partial charge in [0.1, 0.15) is 18.5 Å². The van der Waals surface area contributed by atoms with Crippen LogP contribution in [0.25, 0.3) is 11.4 Å². The van der Waals surface area contributed by atoms with E-state index >= 15 is 0 Å².